The van der Waals surface area contributed by atoms with E-state index in [4.69, 9.17) is 4.74 Å². The van der Waals surface area contributed by atoms with Gasteiger partial charge in [0.25, 0.3) is 0 Å². The molecule has 0 aliphatic carbocycles. The van der Waals surface area contributed by atoms with Gasteiger partial charge in [0.2, 0.25) is 0 Å². The van der Waals surface area contributed by atoms with E-state index in [1.165, 1.54) is 6.07 Å². The zero-order valence-electron chi connectivity index (χ0n) is 10.4. The van der Waals surface area contributed by atoms with E-state index in [1.54, 1.807) is 19.1 Å². The van der Waals surface area contributed by atoms with E-state index in [0.29, 0.717) is 11.3 Å². The van der Waals surface area contributed by atoms with Crippen LogP contribution in [0, 0.1) is 12.7 Å². The minimum atomic E-state index is -0.309. The zero-order chi connectivity index (χ0) is 12.3. The third-order valence-corrected chi connectivity index (χ3v) is 2.25. The molecule has 1 nitrogen and oxygen atoms in total. The average molecular weight is 222 g/mol. The minimum Gasteiger partial charge on any atom is -0.488 e. The minimum absolute atomic E-state index is 0.204. The van der Waals surface area contributed by atoms with Crippen LogP contribution in [0.5, 0.6) is 5.75 Å². The molecule has 0 radical (unpaired) electrons. The highest BCUT2D eigenvalue weighted by molar-refractivity contribution is 5.29. The summed E-state index contributed by atoms with van der Waals surface area (Å²) in [5, 5.41) is 0. The third-order valence-electron chi connectivity index (χ3n) is 2.25. The highest BCUT2D eigenvalue weighted by Crippen LogP contribution is 2.25. The molecule has 0 saturated carbocycles. The molecule has 0 heterocycles. The Kier molecular flexibility index (Phi) is 3.74. The van der Waals surface area contributed by atoms with Crippen LogP contribution in [0.4, 0.5) is 4.39 Å². The number of ether oxygens (including phenoxy) is 1. The van der Waals surface area contributed by atoms with Crippen molar-refractivity contribution >= 4 is 0 Å². The van der Waals surface area contributed by atoms with Gasteiger partial charge in [-0.15, -0.1) is 0 Å². The van der Waals surface area contributed by atoms with E-state index < -0.39 is 0 Å². The molecule has 0 atom stereocenters. The van der Waals surface area contributed by atoms with Crippen molar-refractivity contribution in [2.75, 3.05) is 0 Å². The molecule has 0 bridgehead atoms. The second-order valence-electron chi connectivity index (χ2n) is 4.91. The molecule has 1 rings (SSSR count). The van der Waals surface area contributed by atoms with Gasteiger partial charge in [-0.25, -0.2) is 4.39 Å². The molecule has 2 heteroatoms. The maximum Gasteiger partial charge on any atom is 0.126 e. The van der Waals surface area contributed by atoms with E-state index in [2.05, 4.69) is 6.58 Å². The van der Waals surface area contributed by atoms with Gasteiger partial charge in [0.1, 0.15) is 17.2 Å². The van der Waals surface area contributed by atoms with Gasteiger partial charge in [-0.3, -0.25) is 0 Å². The normalized spacial score (nSPS) is 11.3. The van der Waals surface area contributed by atoms with E-state index >= 15 is 0 Å². The smallest absolute Gasteiger partial charge is 0.126 e. The van der Waals surface area contributed by atoms with Crippen molar-refractivity contribution in [1.82, 2.24) is 0 Å². The van der Waals surface area contributed by atoms with Crippen LogP contribution in [0.15, 0.2) is 30.4 Å². The molecule has 0 aliphatic rings. The van der Waals surface area contributed by atoms with Crippen molar-refractivity contribution in [3.8, 4) is 5.75 Å². The van der Waals surface area contributed by atoms with Crippen molar-refractivity contribution in [2.24, 2.45) is 0 Å². The molecule has 1 aromatic carbocycles. The highest BCUT2D eigenvalue weighted by atomic mass is 19.1. The Balaban J connectivity index is 2.79. The largest absolute Gasteiger partial charge is 0.488 e. The lowest BCUT2D eigenvalue weighted by Crippen LogP contribution is -2.28. The zero-order valence-corrected chi connectivity index (χ0v) is 10.4. The van der Waals surface area contributed by atoms with Gasteiger partial charge in [0, 0.05) is 6.42 Å². The first-order valence-corrected chi connectivity index (χ1v) is 5.40. The van der Waals surface area contributed by atoms with Crippen LogP contribution in [0.1, 0.15) is 32.8 Å². The average Bonchev–Trinajstić information content (AvgIpc) is 2.08. The molecule has 0 saturated heterocycles. The standard InChI is InChI=1S/C14H19FO/c1-10(2)9-14(4,5)16-12-6-7-13(15)11(3)8-12/h6-8H,1,9H2,2-5H3. The summed E-state index contributed by atoms with van der Waals surface area (Å²) in [5.74, 6) is 0.496. The number of hydrogen-bond donors (Lipinski definition) is 0. The van der Waals surface area contributed by atoms with Crippen molar-refractivity contribution in [2.45, 2.75) is 39.7 Å². The molecule has 0 N–H and O–H groups in total. The molecule has 88 valence electrons. The molecular weight excluding hydrogens is 203 g/mol. The van der Waals surface area contributed by atoms with Gasteiger partial charge in [0.15, 0.2) is 0 Å². The Hall–Kier alpha value is -1.31. The quantitative estimate of drug-likeness (QED) is 0.692. The van der Waals surface area contributed by atoms with Crippen LogP contribution in [-0.4, -0.2) is 5.60 Å². The first kappa shape index (κ1) is 12.8. The Morgan fingerprint density at radius 2 is 2.06 bits per heavy atom. The second-order valence-corrected chi connectivity index (χ2v) is 4.91. The fraction of sp³-hybridized carbons (Fsp3) is 0.429. The maximum absolute atomic E-state index is 13.1. The van der Waals surface area contributed by atoms with Gasteiger partial charge >= 0.3 is 0 Å². The molecule has 1 aromatic rings. The molecule has 0 fully saturated rings. The summed E-state index contributed by atoms with van der Waals surface area (Å²) in [5.41, 5.74) is 1.36. The van der Waals surface area contributed by atoms with Gasteiger partial charge in [-0.2, -0.15) is 0 Å². The van der Waals surface area contributed by atoms with Gasteiger partial charge in [-0.05, 0) is 51.5 Å². The lowest BCUT2D eigenvalue weighted by Gasteiger charge is -2.27. The van der Waals surface area contributed by atoms with Crippen molar-refractivity contribution in [1.29, 1.82) is 0 Å². The van der Waals surface area contributed by atoms with Gasteiger partial charge in [-0.1, -0.05) is 12.2 Å². The first-order valence-electron chi connectivity index (χ1n) is 5.40. The molecular formula is C14H19FO. The summed E-state index contributed by atoms with van der Waals surface area (Å²) in [4.78, 5) is 0. The van der Waals surface area contributed by atoms with Crippen molar-refractivity contribution in [3.05, 3.63) is 41.7 Å². The number of benzene rings is 1. The van der Waals surface area contributed by atoms with Crippen LogP contribution in [0.25, 0.3) is 0 Å². The first-order chi connectivity index (χ1) is 7.30. The van der Waals surface area contributed by atoms with E-state index in [1.807, 2.05) is 20.8 Å². The molecule has 0 aliphatic heterocycles. The summed E-state index contributed by atoms with van der Waals surface area (Å²) in [7, 11) is 0. The Labute approximate surface area is 96.9 Å². The number of rotatable bonds is 4. The lowest BCUT2D eigenvalue weighted by molar-refractivity contribution is 0.110. The Bertz CT molecular complexity index is 394. The van der Waals surface area contributed by atoms with Gasteiger partial charge < -0.3 is 4.74 Å². The summed E-state index contributed by atoms with van der Waals surface area (Å²) >= 11 is 0. The number of halogens is 1. The van der Waals surface area contributed by atoms with Crippen LogP contribution < -0.4 is 4.74 Å². The Morgan fingerprint density at radius 1 is 1.44 bits per heavy atom. The van der Waals surface area contributed by atoms with Crippen LogP contribution in [0.2, 0.25) is 0 Å². The predicted octanol–water partition coefficient (Wildman–Crippen LogP) is 4.26. The summed E-state index contributed by atoms with van der Waals surface area (Å²) in [6, 6.07) is 4.81. The fourth-order valence-corrected chi connectivity index (χ4v) is 1.76. The molecule has 0 spiro atoms. The fourth-order valence-electron chi connectivity index (χ4n) is 1.76. The number of hydrogen-bond acceptors (Lipinski definition) is 1. The molecule has 0 amide bonds. The SMILES string of the molecule is C=C(C)CC(C)(C)Oc1ccc(F)c(C)c1. The van der Waals surface area contributed by atoms with Crippen molar-refractivity contribution < 1.29 is 9.13 Å². The summed E-state index contributed by atoms with van der Waals surface area (Å²) in [6.45, 7) is 11.6. The summed E-state index contributed by atoms with van der Waals surface area (Å²) in [6.07, 6.45) is 0.781. The topological polar surface area (TPSA) is 9.23 Å². The second kappa shape index (κ2) is 4.69. The lowest BCUT2D eigenvalue weighted by atomic mass is 10.0. The molecule has 16 heavy (non-hydrogen) atoms. The third kappa shape index (κ3) is 3.69. The maximum atomic E-state index is 13.1. The Morgan fingerprint density at radius 3 is 2.56 bits per heavy atom. The highest BCUT2D eigenvalue weighted by Gasteiger charge is 2.20. The number of aryl methyl sites for hydroxylation is 1. The van der Waals surface area contributed by atoms with Crippen LogP contribution in [-0.2, 0) is 0 Å². The molecule has 0 unspecified atom stereocenters. The van der Waals surface area contributed by atoms with E-state index in [9.17, 15) is 4.39 Å². The van der Waals surface area contributed by atoms with Crippen LogP contribution in [0.3, 0.4) is 0 Å². The van der Waals surface area contributed by atoms with Crippen molar-refractivity contribution in [3.63, 3.8) is 0 Å². The monoisotopic (exact) mass is 222 g/mol. The summed E-state index contributed by atoms with van der Waals surface area (Å²) < 4.78 is 18.9. The van der Waals surface area contributed by atoms with Crippen LogP contribution >= 0.6 is 0 Å². The molecule has 0 aromatic heterocycles. The van der Waals surface area contributed by atoms with E-state index in [-0.39, 0.29) is 11.4 Å². The predicted molar refractivity (Wildman–Crippen MR) is 65.3 cm³/mol. The van der Waals surface area contributed by atoms with Gasteiger partial charge in [0.05, 0.1) is 0 Å². The van der Waals surface area contributed by atoms with E-state index in [0.717, 1.165) is 12.0 Å².